The molecule has 1 heterocycles. The molecule has 92 valence electrons. The first kappa shape index (κ1) is 13.8. The molecule has 2 aromatic rings. The van der Waals surface area contributed by atoms with E-state index in [4.69, 9.17) is 11.5 Å². The van der Waals surface area contributed by atoms with Crippen molar-refractivity contribution in [3.05, 3.63) is 35.5 Å². The van der Waals surface area contributed by atoms with Crippen molar-refractivity contribution >= 4 is 40.8 Å². The zero-order valence-electron chi connectivity index (χ0n) is 9.73. The quantitative estimate of drug-likeness (QED) is 0.452. The van der Waals surface area contributed by atoms with Crippen LogP contribution in [-0.4, -0.2) is 17.5 Å². The summed E-state index contributed by atoms with van der Waals surface area (Å²) in [6.07, 6.45) is 0.855. The van der Waals surface area contributed by atoms with Gasteiger partial charge in [-0.25, -0.2) is 0 Å². The smallest absolute Gasteiger partial charge is 0.185 e. The van der Waals surface area contributed by atoms with Crippen LogP contribution in [0.4, 0.5) is 0 Å². The number of aromatic amines is 1. The molecule has 0 saturated carbocycles. The van der Waals surface area contributed by atoms with Crippen molar-refractivity contribution in [2.75, 3.05) is 6.54 Å². The summed E-state index contributed by atoms with van der Waals surface area (Å²) in [6, 6.07) is 8.26. The summed E-state index contributed by atoms with van der Waals surface area (Å²) in [5.41, 5.74) is 14.3. The molecule has 0 saturated heterocycles. The minimum atomic E-state index is 0. The topological polar surface area (TPSA) is 80.2 Å². The number of benzene rings is 1. The lowest BCUT2D eigenvalue weighted by molar-refractivity contribution is 0.957. The Morgan fingerprint density at radius 1 is 1.29 bits per heavy atom. The molecule has 0 aliphatic heterocycles. The molecular weight excluding hydrogens is 327 g/mol. The van der Waals surface area contributed by atoms with Gasteiger partial charge in [0.15, 0.2) is 5.96 Å². The maximum absolute atomic E-state index is 5.30. The number of aromatic nitrogens is 1. The standard InChI is InChI=1S/C12H16N4.HI/c1-8-9(6-7-15-12(13)14)10-4-2-3-5-11(10)16-8;/h2-5,16H,6-7H2,1H3,(H4,13,14,15);1H. The Labute approximate surface area is 118 Å². The third-order valence-corrected chi connectivity index (χ3v) is 2.68. The van der Waals surface area contributed by atoms with Crippen LogP contribution in [0.25, 0.3) is 10.9 Å². The molecule has 4 nitrogen and oxygen atoms in total. The number of nitrogens with two attached hydrogens (primary N) is 2. The fourth-order valence-electron chi connectivity index (χ4n) is 1.95. The Kier molecular flexibility index (Phi) is 4.80. The predicted molar refractivity (Wildman–Crippen MR) is 82.8 cm³/mol. The molecule has 0 aliphatic carbocycles. The van der Waals surface area contributed by atoms with Gasteiger partial charge in [0.05, 0.1) is 0 Å². The molecule has 1 aromatic heterocycles. The summed E-state index contributed by atoms with van der Waals surface area (Å²) in [6.45, 7) is 2.70. The molecule has 0 radical (unpaired) electrons. The molecule has 5 heteroatoms. The van der Waals surface area contributed by atoms with E-state index in [1.807, 2.05) is 12.1 Å². The Morgan fingerprint density at radius 2 is 2.00 bits per heavy atom. The van der Waals surface area contributed by atoms with E-state index in [-0.39, 0.29) is 29.9 Å². The zero-order chi connectivity index (χ0) is 11.5. The van der Waals surface area contributed by atoms with Gasteiger partial charge in [-0.1, -0.05) is 18.2 Å². The van der Waals surface area contributed by atoms with Crippen molar-refractivity contribution in [2.45, 2.75) is 13.3 Å². The van der Waals surface area contributed by atoms with E-state index in [1.165, 1.54) is 22.2 Å². The third kappa shape index (κ3) is 3.12. The van der Waals surface area contributed by atoms with Crippen LogP contribution in [-0.2, 0) is 6.42 Å². The SMILES string of the molecule is Cc1[nH]c2ccccc2c1CCN=C(N)N.I. The van der Waals surface area contributed by atoms with Gasteiger partial charge in [0.2, 0.25) is 0 Å². The fraction of sp³-hybridized carbons (Fsp3) is 0.250. The van der Waals surface area contributed by atoms with Crippen molar-refractivity contribution < 1.29 is 0 Å². The molecule has 5 N–H and O–H groups in total. The summed E-state index contributed by atoms with van der Waals surface area (Å²) in [7, 11) is 0. The van der Waals surface area contributed by atoms with Crippen LogP contribution < -0.4 is 11.5 Å². The van der Waals surface area contributed by atoms with E-state index in [0.717, 1.165) is 6.42 Å². The molecule has 2 rings (SSSR count). The molecule has 0 spiro atoms. The second-order valence-corrected chi connectivity index (χ2v) is 3.83. The Hall–Kier alpha value is -1.24. The van der Waals surface area contributed by atoms with Crippen LogP contribution in [0.15, 0.2) is 29.3 Å². The summed E-state index contributed by atoms with van der Waals surface area (Å²) in [5.74, 6) is 0.150. The van der Waals surface area contributed by atoms with Gasteiger partial charge >= 0.3 is 0 Å². The fourth-order valence-corrected chi connectivity index (χ4v) is 1.95. The Balaban J connectivity index is 0.00000144. The van der Waals surface area contributed by atoms with E-state index in [9.17, 15) is 0 Å². The predicted octanol–water partition coefficient (Wildman–Crippen LogP) is 1.91. The van der Waals surface area contributed by atoms with Gasteiger partial charge in [0, 0.05) is 23.1 Å². The van der Waals surface area contributed by atoms with Gasteiger partial charge in [0.1, 0.15) is 0 Å². The van der Waals surface area contributed by atoms with Crippen molar-refractivity contribution in [1.82, 2.24) is 4.98 Å². The van der Waals surface area contributed by atoms with E-state index in [0.29, 0.717) is 6.54 Å². The minimum absolute atomic E-state index is 0. The van der Waals surface area contributed by atoms with E-state index >= 15 is 0 Å². The monoisotopic (exact) mass is 344 g/mol. The summed E-state index contributed by atoms with van der Waals surface area (Å²) < 4.78 is 0. The number of hydrogen-bond acceptors (Lipinski definition) is 1. The normalized spacial score (nSPS) is 9.94. The molecule has 0 unspecified atom stereocenters. The number of H-pyrrole nitrogens is 1. The summed E-state index contributed by atoms with van der Waals surface area (Å²) >= 11 is 0. The second kappa shape index (κ2) is 5.90. The molecule has 1 aromatic carbocycles. The second-order valence-electron chi connectivity index (χ2n) is 3.83. The molecule has 0 fully saturated rings. The van der Waals surface area contributed by atoms with Gasteiger partial charge in [0.25, 0.3) is 0 Å². The Bertz CT molecular complexity index is 526. The number of para-hydroxylation sites is 1. The van der Waals surface area contributed by atoms with Gasteiger partial charge in [-0.3, -0.25) is 4.99 Å². The van der Waals surface area contributed by atoms with E-state index < -0.39 is 0 Å². The van der Waals surface area contributed by atoms with Crippen molar-refractivity contribution in [3.63, 3.8) is 0 Å². The number of guanidine groups is 1. The van der Waals surface area contributed by atoms with Crippen LogP contribution in [0, 0.1) is 6.92 Å². The van der Waals surface area contributed by atoms with Gasteiger partial charge < -0.3 is 16.5 Å². The number of aliphatic imine (C=N–C) groups is 1. The maximum atomic E-state index is 5.30. The first-order valence-corrected chi connectivity index (χ1v) is 5.30. The van der Waals surface area contributed by atoms with Crippen molar-refractivity contribution in [2.24, 2.45) is 16.5 Å². The van der Waals surface area contributed by atoms with Crippen molar-refractivity contribution in [1.29, 1.82) is 0 Å². The molecule has 0 bridgehead atoms. The highest BCUT2D eigenvalue weighted by atomic mass is 127. The van der Waals surface area contributed by atoms with E-state index in [1.54, 1.807) is 0 Å². The van der Waals surface area contributed by atoms with E-state index in [2.05, 4.69) is 29.0 Å². The number of fused-ring (bicyclic) bond motifs is 1. The highest BCUT2D eigenvalue weighted by molar-refractivity contribution is 14.0. The number of hydrogen-bond donors (Lipinski definition) is 3. The number of halogens is 1. The third-order valence-electron chi connectivity index (χ3n) is 2.68. The van der Waals surface area contributed by atoms with Gasteiger partial charge in [-0.15, -0.1) is 24.0 Å². The summed E-state index contributed by atoms with van der Waals surface area (Å²) in [5, 5.41) is 1.26. The maximum Gasteiger partial charge on any atom is 0.185 e. The number of nitrogens with one attached hydrogen (secondary N) is 1. The van der Waals surface area contributed by atoms with Crippen LogP contribution in [0.2, 0.25) is 0 Å². The first-order chi connectivity index (χ1) is 7.68. The summed E-state index contributed by atoms with van der Waals surface area (Å²) in [4.78, 5) is 7.36. The Morgan fingerprint density at radius 3 is 2.71 bits per heavy atom. The molecule has 0 aliphatic rings. The zero-order valence-corrected chi connectivity index (χ0v) is 12.1. The molecule has 17 heavy (non-hydrogen) atoms. The molecular formula is C12H17IN4. The number of aryl methyl sites for hydroxylation is 1. The van der Waals surface area contributed by atoms with Gasteiger partial charge in [-0.05, 0) is 25.0 Å². The minimum Gasteiger partial charge on any atom is -0.370 e. The number of rotatable bonds is 3. The average Bonchev–Trinajstić information content (AvgIpc) is 2.55. The molecule has 0 atom stereocenters. The van der Waals surface area contributed by atoms with Crippen molar-refractivity contribution in [3.8, 4) is 0 Å². The highest BCUT2D eigenvalue weighted by Crippen LogP contribution is 2.22. The average molecular weight is 344 g/mol. The van der Waals surface area contributed by atoms with Crippen LogP contribution in [0.5, 0.6) is 0 Å². The van der Waals surface area contributed by atoms with Gasteiger partial charge in [-0.2, -0.15) is 0 Å². The number of nitrogens with zero attached hydrogens (tertiary/aromatic N) is 1. The van der Waals surface area contributed by atoms with Crippen LogP contribution in [0.3, 0.4) is 0 Å². The first-order valence-electron chi connectivity index (χ1n) is 5.30. The van der Waals surface area contributed by atoms with Crippen LogP contribution in [0.1, 0.15) is 11.3 Å². The largest absolute Gasteiger partial charge is 0.370 e. The lowest BCUT2D eigenvalue weighted by Gasteiger charge is -1.98. The highest BCUT2D eigenvalue weighted by Gasteiger charge is 2.06. The molecule has 0 amide bonds. The lowest BCUT2D eigenvalue weighted by atomic mass is 10.1. The lowest BCUT2D eigenvalue weighted by Crippen LogP contribution is -2.23. The van der Waals surface area contributed by atoms with Crippen LogP contribution >= 0.6 is 24.0 Å².